The van der Waals surface area contributed by atoms with Crippen LogP contribution in [-0.4, -0.2) is 59.3 Å². The van der Waals surface area contributed by atoms with Crippen LogP contribution in [-0.2, 0) is 21.2 Å². The average Bonchev–Trinajstić information content (AvgIpc) is 3.30. The quantitative estimate of drug-likeness (QED) is 0.405. The molecule has 0 spiro atoms. The summed E-state index contributed by atoms with van der Waals surface area (Å²) in [5, 5.41) is 9.29. The Kier molecular flexibility index (Phi) is 6.55. The molecule has 0 unspecified atom stereocenters. The van der Waals surface area contributed by atoms with Crippen LogP contribution in [0.1, 0.15) is 17.8 Å². The number of nitrogens with zero attached hydrogens (tertiary/aromatic N) is 5. The maximum atomic E-state index is 13.1. The second-order valence-electron chi connectivity index (χ2n) is 8.58. The molecule has 1 amide bonds. The molecule has 0 saturated carbocycles. The van der Waals surface area contributed by atoms with Gasteiger partial charge in [0.25, 0.3) is 0 Å². The maximum Gasteiger partial charge on any atom is 0.244 e. The number of sulfonamides is 1. The lowest BCUT2D eigenvalue weighted by Crippen LogP contribution is -2.50. The van der Waals surface area contributed by atoms with Gasteiger partial charge in [-0.15, -0.1) is 0 Å². The molecule has 2 heterocycles. The molecule has 0 aliphatic carbocycles. The predicted octanol–water partition coefficient (Wildman–Crippen LogP) is 3.36. The van der Waals surface area contributed by atoms with Gasteiger partial charge < -0.3 is 4.90 Å². The van der Waals surface area contributed by atoms with Crippen LogP contribution < -0.4 is 0 Å². The molecule has 1 aliphatic rings. The van der Waals surface area contributed by atoms with E-state index >= 15 is 0 Å². The Morgan fingerprint density at radius 2 is 1.56 bits per heavy atom. The maximum absolute atomic E-state index is 13.1. The lowest BCUT2D eigenvalue weighted by Gasteiger charge is -2.34. The molecule has 0 radical (unpaired) electrons. The summed E-state index contributed by atoms with van der Waals surface area (Å²) >= 11 is 0. The number of imidazole rings is 1. The number of aromatic nitrogens is 2. The molecule has 0 bridgehead atoms. The molecule has 1 saturated heterocycles. The van der Waals surface area contributed by atoms with Gasteiger partial charge in [0.05, 0.1) is 21.5 Å². The van der Waals surface area contributed by atoms with Crippen LogP contribution in [0, 0.1) is 11.3 Å². The third kappa shape index (κ3) is 4.49. The molecule has 8 nitrogen and oxygen atoms in total. The summed E-state index contributed by atoms with van der Waals surface area (Å²) in [4.78, 5) is 19.5. The van der Waals surface area contributed by atoms with Gasteiger partial charge in [0, 0.05) is 44.7 Å². The highest BCUT2D eigenvalue weighted by Crippen LogP contribution is 2.24. The van der Waals surface area contributed by atoms with E-state index in [9.17, 15) is 18.5 Å². The second-order valence-corrected chi connectivity index (χ2v) is 10.5. The van der Waals surface area contributed by atoms with Crippen molar-refractivity contribution in [3.8, 4) is 11.8 Å². The minimum Gasteiger partial charge on any atom is -0.340 e. The van der Waals surface area contributed by atoms with E-state index in [0.717, 1.165) is 22.5 Å². The van der Waals surface area contributed by atoms with Crippen LogP contribution in [0.4, 0.5) is 0 Å². The Morgan fingerprint density at radius 1 is 0.889 bits per heavy atom. The fourth-order valence-corrected chi connectivity index (χ4v) is 6.15. The SMILES string of the molecule is N#Cc1ccccc1S(=O)(=O)N1CCN(C(=O)CCc2nc3ccccc3n2-c2ccccc2)CC1. The molecule has 5 rings (SSSR count). The van der Waals surface area contributed by atoms with Gasteiger partial charge in [0.15, 0.2) is 0 Å². The molecule has 4 aromatic rings. The van der Waals surface area contributed by atoms with Gasteiger partial charge in [0.2, 0.25) is 15.9 Å². The lowest BCUT2D eigenvalue weighted by molar-refractivity contribution is -0.132. The van der Waals surface area contributed by atoms with Crippen molar-refractivity contribution in [1.29, 1.82) is 5.26 Å². The summed E-state index contributed by atoms with van der Waals surface area (Å²) in [6.07, 6.45) is 0.747. The van der Waals surface area contributed by atoms with Crippen molar-refractivity contribution in [1.82, 2.24) is 18.8 Å². The Bertz CT molecular complexity index is 1550. The van der Waals surface area contributed by atoms with Crippen molar-refractivity contribution in [2.45, 2.75) is 17.7 Å². The van der Waals surface area contributed by atoms with Crippen molar-refractivity contribution in [2.24, 2.45) is 0 Å². The zero-order valence-electron chi connectivity index (χ0n) is 19.6. The van der Waals surface area contributed by atoms with E-state index in [0.29, 0.717) is 19.5 Å². The first-order valence-electron chi connectivity index (χ1n) is 11.8. The molecule has 3 aromatic carbocycles. The van der Waals surface area contributed by atoms with Gasteiger partial charge >= 0.3 is 0 Å². The highest BCUT2D eigenvalue weighted by Gasteiger charge is 2.31. The van der Waals surface area contributed by atoms with Gasteiger partial charge in [-0.25, -0.2) is 13.4 Å². The zero-order valence-corrected chi connectivity index (χ0v) is 20.4. The molecule has 1 aliphatic heterocycles. The first-order valence-corrected chi connectivity index (χ1v) is 13.2. The zero-order chi connectivity index (χ0) is 25.1. The van der Waals surface area contributed by atoms with Gasteiger partial charge in [0.1, 0.15) is 11.9 Å². The molecule has 1 fully saturated rings. The topological polar surface area (TPSA) is 99.3 Å². The summed E-state index contributed by atoms with van der Waals surface area (Å²) in [6, 6.07) is 26.0. The fourth-order valence-electron chi connectivity index (χ4n) is 4.59. The smallest absolute Gasteiger partial charge is 0.244 e. The summed E-state index contributed by atoms with van der Waals surface area (Å²) in [5.41, 5.74) is 2.98. The highest BCUT2D eigenvalue weighted by molar-refractivity contribution is 7.89. The molecular formula is C27H25N5O3S. The number of benzene rings is 3. The Hall–Kier alpha value is -4.00. The van der Waals surface area contributed by atoms with E-state index in [4.69, 9.17) is 4.98 Å². The normalized spacial score (nSPS) is 14.6. The number of amides is 1. The van der Waals surface area contributed by atoms with Crippen LogP contribution in [0.25, 0.3) is 16.7 Å². The van der Waals surface area contributed by atoms with Gasteiger partial charge in [-0.2, -0.15) is 9.57 Å². The second kappa shape index (κ2) is 9.93. The number of fused-ring (bicyclic) bond motifs is 1. The third-order valence-corrected chi connectivity index (χ3v) is 8.38. The van der Waals surface area contributed by atoms with Gasteiger partial charge in [-0.05, 0) is 36.4 Å². The van der Waals surface area contributed by atoms with E-state index in [1.807, 2.05) is 60.7 Å². The van der Waals surface area contributed by atoms with Crippen LogP contribution in [0.2, 0.25) is 0 Å². The van der Waals surface area contributed by atoms with E-state index in [1.165, 1.54) is 16.4 Å². The van der Waals surface area contributed by atoms with Gasteiger partial charge in [-0.1, -0.05) is 42.5 Å². The van der Waals surface area contributed by atoms with Crippen molar-refractivity contribution >= 4 is 27.0 Å². The number of nitriles is 1. The molecule has 1 aromatic heterocycles. The summed E-state index contributed by atoms with van der Waals surface area (Å²) < 4.78 is 29.6. The van der Waals surface area contributed by atoms with E-state index in [-0.39, 0.29) is 35.9 Å². The summed E-state index contributed by atoms with van der Waals surface area (Å²) in [7, 11) is -3.80. The minimum absolute atomic E-state index is 0.00657. The molecule has 36 heavy (non-hydrogen) atoms. The number of aryl methyl sites for hydroxylation is 1. The third-order valence-electron chi connectivity index (χ3n) is 6.42. The number of hydrogen-bond donors (Lipinski definition) is 0. The summed E-state index contributed by atoms with van der Waals surface area (Å²) in [6.45, 7) is 0.997. The van der Waals surface area contributed by atoms with Crippen LogP contribution in [0.5, 0.6) is 0 Å². The predicted molar refractivity (Wildman–Crippen MR) is 136 cm³/mol. The lowest BCUT2D eigenvalue weighted by atomic mass is 10.2. The monoisotopic (exact) mass is 499 g/mol. The number of piperazine rings is 1. The van der Waals surface area contributed by atoms with Crippen molar-refractivity contribution in [2.75, 3.05) is 26.2 Å². The molecular weight excluding hydrogens is 474 g/mol. The Morgan fingerprint density at radius 3 is 2.31 bits per heavy atom. The summed E-state index contributed by atoms with van der Waals surface area (Å²) in [5.74, 6) is 0.779. The molecule has 182 valence electrons. The van der Waals surface area contributed by atoms with E-state index in [2.05, 4.69) is 4.57 Å². The Labute approximate surface area is 210 Å². The van der Waals surface area contributed by atoms with Crippen molar-refractivity contribution in [3.05, 3.63) is 90.3 Å². The number of hydrogen-bond acceptors (Lipinski definition) is 5. The van der Waals surface area contributed by atoms with Crippen LogP contribution >= 0.6 is 0 Å². The van der Waals surface area contributed by atoms with Crippen LogP contribution in [0.15, 0.2) is 83.8 Å². The standard InChI is InChI=1S/C27H25N5O3S/c28-20-21-8-4-7-13-25(21)36(34,35)31-18-16-30(17-19-31)27(33)15-14-26-29-23-11-5-6-12-24(23)32(26)22-9-2-1-3-10-22/h1-13H,14-19H2. The molecule has 0 atom stereocenters. The first-order chi connectivity index (χ1) is 17.5. The number of carbonyl (C=O) groups excluding carboxylic acids is 1. The number of carbonyl (C=O) groups is 1. The molecule has 9 heteroatoms. The molecule has 0 N–H and O–H groups in total. The number of para-hydroxylation sites is 3. The van der Waals surface area contributed by atoms with Crippen molar-refractivity contribution < 1.29 is 13.2 Å². The van der Waals surface area contributed by atoms with Crippen molar-refractivity contribution in [3.63, 3.8) is 0 Å². The Balaban J connectivity index is 1.27. The van der Waals surface area contributed by atoms with E-state index in [1.54, 1.807) is 17.0 Å². The highest BCUT2D eigenvalue weighted by atomic mass is 32.2. The number of rotatable bonds is 6. The van der Waals surface area contributed by atoms with Gasteiger partial charge in [-0.3, -0.25) is 9.36 Å². The first kappa shape index (κ1) is 23.7. The average molecular weight is 500 g/mol. The van der Waals surface area contributed by atoms with Crippen LogP contribution in [0.3, 0.4) is 0 Å². The largest absolute Gasteiger partial charge is 0.340 e. The van der Waals surface area contributed by atoms with E-state index < -0.39 is 10.0 Å². The minimum atomic E-state index is -3.80. The fraction of sp³-hybridized carbons (Fsp3) is 0.222.